The van der Waals surface area contributed by atoms with Gasteiger partial charge in [-0.3, -0.25) is 19.2 Å². The smallest absolute Gasteiger partial charge is 0.342 e. The fourth-order valence-corrected chi connectivity index (χ4v) is 9.24. The van der Waals surface area contributed by atoms with Crippen molar-refractivity contribution < 1.29 is 43.6 Å². The second-order valence-corrected chi connectivity index (χ2v) is 16.8. The Kier molecular flexibility index (Phi) is 12.8. The van der Waals surface area contributed by atoms with Crippen LogP contribution in [-0.4, -0.2) is 87.3 Å². The van der Waals surface area contributed by atoms with E-state index in [1.54, 1.807) is 61.2 Å². The van der Waals surface area contributed by atoms with Crippen molar-refractivity contribution in [3.8, 4) is 23.0 Å². The van der Waals surface area contributed by atoms with Crippen LogP contribution in [0.2, 0.25) is 0 Å². The van der Waals surface area contributed by atoms with Crippen LogP contribution in [0.15, 0.2) is 53.3 Å². The third-order valence-corrected chi connectivity index (χ3v) is 12.3. The Labute approximate surface area is 341 Å². The van der Waals surface area contributed by atoms with Gasteiger partial charge in [-0.25, -0.2) is 4.79 Å². The molecule has 5 atom stereocenters. The molecule has 2 aromatic carbocycles. The Balaban J connectivity index is 1.20. The maximum atomic E-state index is 14.3. The van der Waals surface area contributed by atoms with Gasteiger partial charge in [-0.2, -0.15) is 11.8 Å². The largest absolute Gasteiger partial charge is 0.507 e. The molecule has 2 bridgehead atoms. The number of Topliss-reactive ketones (excluding diaryl/α,β-unsaturated/α-hetero) is 1. The van der Waals surface area contributed by atoms with Crippen LogP contribution in [0.3, 0.4) is 0 Å². The number of allylic oxidation sites excluding steroid dienone is 1. The Hall–Kier alpha value is -5.24. The van der Waals surface area contributed by atoms with Gasteiger partial charge in [0.25, 0.3) is 5.56 Å². The van der Waals surface area contributed by atoms with Gasteiger partial charge in [0.2, 0.25) is 18.6 Å². The molecule has 14 heteroatoms. The summed E-state index contributed by atoms with van der Waals surface area (Å²) in [6, 6.07) is 10.9. The Morgan fingerprint density at radius 1 is 1.00 bits per heavy atom. The summed E-state index contributed by atoms with van der Waals surface area (Å²) in [6.45, 7) is 3.17. The summed E-state index contributed by atoms with van der Waals surface area (Å²) in [5.74, 6) is -1.58. The number of hydrogen-bond donors (Lipinski definition) is 3. The number of carbonyl (C=O) groups is 4. The van der Waals surface area contributed by atoms with Crippen molar-refractivity contribution in [1.82, 2.24) is 14.8 Å². The third-order valence-electron chi connectivity index (χ3n) is 11.6. The van der Waals surface area contributed by atoms with Gasteiger partial charge in [-0.15, -0.1) is 0 Å². The number of aromatic hydroxyl groups is 2. The molecule has 308 valence electrons. The predicted octanol–water partition coefficient (Wildman–Crippen LogP) is 5.88. The first-order valence-corrected chi connectivity index (χ1v) is 21.5. The van der Waals surface area contributed by atoms with Gasteiger partial charge in [0.1, 0.15) is 28.9 Å². The molecule has 0 radical (unpaired) electrons. The van der Waals surface area contributed by atoms with Gasteiger partial charge in [-0.1, -0.05) is 24.3 Å². The topological polar surface area (TPSA) is 174 Å². The van der Waals surface area contributed by atoms with E-state index in [2.05, 4.69) is 5.32 Å². The second kappa shape index (κ2) is 18.1. The molecular weight excluding hydrogens is 763 g/mol. The van der Waals surface area contributed by atoms with Crippen molar-refractivity contribution in [3.63, 3.8) is 0 Å². The minimum atomic E-state index is -1.01. The van der Waals surface area contributed by atoms with Crippen LogP contribution >= 0.6 is 11.8 Å². The number of amides is 2. The molecule has 2 amide bonds. The van der Waals surface area contributed by atoms with Crippen LogP contribution in [0.5, 0.6) is 23.0 Å². The number of phenolic OH excluding ortho intramolecular Hbond substituents is 2. The normalized spacial score (nSPS) is 21.6. The summed E-state index contributed by atoms with van der Waals surface area (Å²) in [7, 11) is 0. The van der Waals surface area contributed by atoms with Crippen LogP contribution < -0.4 is 20.3 Å². The molecule has 0 saturated carbocycles. The Bertz CT molecular complexity index is 2150. The number of carbonyl (C=O) groups excluding carboxylic acids is 4. The SMILES string of the molecule is CSCC[C@H](NC(=O)CC(c1ccc2c(c1)OCO2)c1c(O)cc2c(c1O)C(=O)O[C@@H](C)CCCC(=O)CCCC=C2)C(=O)N1C[C@H]2C[C@@H](C1)c1cccc(=O)n1C2. The number of rotatable bonds is 9. The first-order chi connectivity index (χ1) is 28.0. The third kappa shape index (κ3) is 9.06. The highest BCUT2D eigenvalue weighted by Gasteiger charge is 2.39. The number of pyridine rings is 1. The van der Waals surface area contributed by atoms with Crippen LogP contribution in [0.25, 0.3) is 6.08 Å². The highest BCUT2D eigenvalue weighted by Crippen LogP contribution is 2.46. The lowest BCUT2D eigenvalue weighted by molar-refractivity contribution is -0.139. The van der Waals surface area contributed by atoms with E-state index in [4.69, 9.17) is 14.2 Å². The number of piperidine rings is 1. The molecule has 1 aromatic heterocycles. The maximum Gasteiger partial charge on any atom is 0.342 e. The lowest BCUT2D eigenvalue weighted by Gasteiger charge is -2.43. The molecule has 0 aliphatic carbocycles. The summed E-state index contributed by atoms with van der Waals surface area (Å²) in [5, 5.41) is 26.7. The Morgan fingerprint density at radius 2 is 1.81 bits per heavy atom. The molecule has 0 spiro atoms. The van der Waals surface area contributed by atoms with Gasteiger partial charge < -0.3 is 39.2 Å². The number of nitrogens with one attached hydrogen (secondary N) is 1. The van der Waals surface area contributed by atoms with Crippen molar-refractivity contribution >= 4 is 41.4 Å². The van der Waals surface area contributed by atoms with Crippen LogP contribution in [-0.2, 0) is 25.7 Å². The van der Waals surface area contributed by atoms with E-state index < -0.39 is 35.7 Å². The molecule has 4 aliphatic heterocycles. The Morgan fingerprint density at radius 3 is 2.64 bits per heavy atom. The van der Waals surface area contributed by atoms with E-state index >= 15 is 0 Å². The molecule has 1 fully saturated rings. The van der Waals surface area contributed by atoms with Gasteiger partial charge in [0, 0.05) is 68.1 Å². The number of aromatic nitrogens is 1. The molecule has 1 unspecified atom stereocenters. The highest BCUT2D eigenvalue weighted by atomic mass is 32.2. The van der Waals surface area contributed by atoms with Crippen molar-refractivity contribution in [2.45, 2.75) is 95.2 Å². The molecule has 4 aliphatic rings. The maximum absolute atomic E-state index is 14.3. The summed E-state index contributed by atoms with van der Waals surface area (Å²) >= 11 is 1.56. The average Bonchev–Trinajstić information content (AvgIpc) is 3.67. The molecule has 7 rings (SSSR count). The number of ketones is 1. The quantitative estimate of drug-likeness (QED) is 0.221. The number of phenols is 2. The van der Waals surface area contributed by atoms with Crippen molar-refractivity contribution in [2.24, 2.45) is 5.92 Å². The fraction of sp³-hybridized carbons (Fsp3) is 0.477. The molecule has 5 heterocycles. The standard InChI is InChI=1S/C44H51N3O10S/c1-26-8-6-11-31(48)10-5-3-4-9-29-19-35(49)41(42(52)40(29)44(54)57-26)32(28-14-15-36-37(20-28)56-25-55-36)21-38(50)45-33(16-17-58-2)43(53)46-22-27-18-30(24-46)34-12-7-13-39(51)47(34)23-27/h4,7,9,12-15,19-20,26-27,30,32-33,49,52H,3,5-6,8,10-11,16-18,21-25H2,1-2H3,(H,45,50)/t26-,27+,30-,32?,33-/m0/s1. The monoisotopic (exact) mass is 813 g/mol. The van der Waals surface area contributed by atoms with Gasteiger partial charge in [0.05, 0.1) is 6.10 Å². The molecule has 3 aromatic rings. The number of thioether (sulfide) groups is 1. The average molecular weight is 814 g/mol. The number of ether oxygens (including phenoxy) is 3. The minimum Gasteiger partial charge on any atom is -0.507 e. The van der Waals surface area contributed by atoms with Crippen LogP contribution in [0.4, 0.5) is 0 Å². The van der Waals surface area contributed by atoms with E-state index in [0.29, 0.717) is 87.4 Å². The number of benzene rings is 2. The zero-order valence-corrected chi connectivity index (χ0v) is 33.8. The summed E-state index contributed by atoms with van der Waals surface area (Å²) in [4.78, 5) is 69.1. The van der Waals surface area contributed by atoms with E-state index in [1.165, 1.54) is 6.07 Å². The molecular formula is C44H51N3O10S. The number of likely N-dealkylation sites (tertiary alicyclic amines) is 1. The lowest BCUT2D eigenvalue weighted by atomic mass is 9.83. The number of cyclic esters (lactones) is 1. The van der Waals surface area contributed by atoms with Gasteiger partial charge in [-0.05, 0) is 98.8 Å². The lowest BCUT2D eigenvalue weighted by Crippen LogP contribution is -2.55. The number of esters is 1. The van der Waals surface area contributed by atoms with Gasteiger partial charge >= 0.3 is 5.97 Å². The minimum absolute atomic E-state index is 0.00355. The summed E-state index contributed by atoms with van der Waals surface area (Å²) in [5.41, 5.74) is 1.40. The van der Waals surface area contributed by atoms with Gasteiger partial charge in [0.15, 0.2) is 11.5 Å². The van der Waals surface area contributed by atoms with Crippen molar-refractivity contribution in [1.29, 1.82) is 0 Å². The first kappa shape index (κ1) is 40.9. The van der Waals surface area contributed by atoms with Crippen molar-refractivity contribution in [3.05, 3.63) is 86.8 Å². The molecule has 58 heavy (non-hydrogen) atoms. The number of fused-ring (bicyclic) bond motifs is 6. The first-order valence-electron chi connectivity index (χ1n) is 20.1. The zero-order valence-electron chi connectivity index (χ0n) is 32.9. The van der Waals surface area contributed by atoms with E-state index in [9.17, 15) is 34.2 Å². The molecule has 13 nitrogen and oxygen atoms in total. The van der Waals surface area contributed by atoms with Crippen molar-refractivity contribution in [2.75, 3.05) is 31.9 Å². The number of nitrogens with zero attached hydrogens (tertiary/aromatic N) is 2. The van der Waals surface area contributed by atoms with E-state index in [1.807, 2.05) is 21.8 Å². The highest BCUT2D eigenvalue weighted by molar-refractivity contribution is 7.98. The van der Waals surface area contributed by atoms with E-state index in [-0.39, 0.29) is 64.7 Å². The fourth-order valence-electron chi connectivity index (χ4n) is 8.76. The predicted molar refractivity (Wildman–Crippen MR) is 218 cm³/mol. The van der Waals surface area contributed by atoms with Crippen LogP contribution in [0, 0.1) is 5.92 Å². The second-order valence-electron chi connectivity index (χ2n) is 15.8. The number of hydrogen-bond acceptors (Lipinski definition) is 11. The van der Waals surface area contributed by atoms with E-state index in [0.717, 1.165) is 12.1 Å². The van der Waals surface area contributed by atoms with Crippen LogP contribution in [0.1, 0.15) is 109 Å². The summed E-state index contributed by atoms with van der Waals surface area (Å²) in [6.07, 6.45) is 8.74. The molecule has 3 N–H and O–H groups in total. The summed E-state index contributed by atoms with van der Waals surface area (Å²) < 4.78 is 18.8. The zero-order chi connectivity index (χ0) is 40.9. The molecule has 1 saturated heterocycles.